The van der Waals surface area contributed by atoms with E-state index in [1.165, 1.54) is 17.7 Å². The van der Waals surface area contributed by atoms with Crippen LogP contribution in [0.1, 0.15) is 17.9 Å². The second-order valence-corrected chi connectivity index (χ2v) is 6.54. The summed E-state index contributed by atoms with van der Waals surface area (Å²) >= 11 is 0. The Balaban J connectivity index is 1.35. The molecule has 2 atom stereocenters. The molecule has 0 unspecified atom stereocenters. The fraction of sp³-hybridized carbons (Fsp3) is 0.400. The van der Waals surface area contributed by atoms with Crippen LogP contribution in [0.2, 0.25) is 0 Å². The number of methoxy groups -OCH3 is 1. The van der Waals surface area contributed by atoms with E-state index in [0.29, 0.717) is 0 Å². The van der Waals surface area contributed by atoms with Crippen LogP contribution >= 0.6 is 0 Å². The average Bonchev–Trinajstić information content (AvgIpc) is 3.43. The highest BCUT2D eigenvalue weighted by molar-refractivity contribution is 5.51. The van der Waals surface area contributed by atoms with Crippen LogP contribution in [0, 0.1) is 0 Å². The van der Waals surface area contributed by atoms with E-state index in [1.807, 2.05) is 6.07 Å². The van der Waals surface area contributed by atoms with Crippen molar-refractivity contribution in [3.8, 4) is 5.75 Å². The molecular weight excluding hydrogens is 284 g/mol. The SMILES string of the molecule is COc1cccc(N2CCN([C@H]3C[C@@H]3c3ccccc3)CC2)c1. The molecule has 0 radical (unpaired) electrons. The summed E-state index contributed by atoms with van der Waals surface area (Å²) in [5.74, 6) is 1.69. The molecule has 0 bridgehead atoms. The highest BCUT2D eigenvalue weighted by atomic mass is 16.5. The molecule has 4 rings (SSSR count). The molecule has 1 heterocycles. The fourth-order valence-electron chi connectivity index (χ4n) is 3.76. The van der Waals surface area contributed by atoms with Gasteiger partial charge in [-0.2, -0.15) is 0 Å². The van der Waals surface area contributed by atoms with Crippen molar-refractivity contribution >= 4 is 5.69 Å². The van der Waals surface area contributed by atoms with E-state index in [-0.39, 0.29) is 0 Å². The Hall–Kier alpha value is -2.00. The molecule has 2 aliphatic rings. The van der Waals surface area contributed by atoms with Crippen molar-refractivity contribution in [1.82, 2.24) is 4.90 Å². The van der Waals surface area contributed by atoms with Crippen LogP contribution in [-0.4, -0.2) is 44.2 Å². The van der Waals surface area contributed by atoms with Crippen LogP contribution in [0.5, 0.6) is 5.75 Å². The van der Waals surface area contributed by atoms with Crippen molar-refractivity contribution in [2.75, 3.05) is 38.2 Å². The van der Waals surface area contributed by atoms with Gasteiger partial charge in [0.1, 0.15) is 5.75 Å². The minimum Gasteiger partial charge on any atom is -0.497 e. The van der Waals surface area contributed by atoms with Gasteiger partial charge in [-0.1, -0.05) is 36.4 Å². The first-order valence-electron chi connectivity index (χ1n) is 8.53. The van der Waals surface area contributed by atoms with Crippen LogP contribution in [0.3, 0.4) is 0 Å². The van der Waals surface area contributed by atoms with E-state index in [2.05, 4.69) is 58.3 Å². The monoisotopic (exact) mass is 308 g/mol. The maximum Gasteiger partial charge on any atom is 0.120 e. The number of hydrogen-bond acceptors (Lipinski definition) is 3. The van der Waals surface area contributed by atoms with Gasteiger partial charge in [-0.3, -0.25) is 4.90 Å². The Bertz CT molecular complexity index is 650. The highest BCUT2D eigenvalue weighted by Crippen LogP contribution is 2.44. The molecule has 0 amide bonds. The normalized spacial score (nSPS) is 24.5. The number of anilines is 1. The summed E-state index contributed by atoms with van der Waals surface area (Å²) in [6.07, 6.45) is 1.32. The first-order valence-corrected chi connectivity index (χ1v) is 8.53. The van der Waals surface area contributed by atoms with Crippen LogP contribution in [0.25, 0.3) is 0 Å². The topological polar surface area (TPSA) is 15.7 Å². The van der Waals surface area contributed by atoms with E-state index in [4.69, 9.17) is 4.74 Å². The highest BCUT2D eigenvalue weighted by Gasteiger charge is 2.43. The van der Waals surface area contributed by atoms with Gasteiger partial charge in [0.25, 0.3) is 0 Å². The van der Waals surface area contributed by atoms with E-state index < -0.39 is 0 Å². The second kappa shape index (κ2) is 6.25. The van der Waals surface area contributed by atoms with E-state index in [9.17, 15) is 0 Å². The lowest BCUT2D eigenvalue weighted by atomic mass is 10.1. The van der Waals surface area contributed by atoms with E-state index >= 15 is 0 Å². The molecule has 1 aliphatic carbocycles. The van der Waals surface area contributed by atoms with Crippen molar-refractivity contribution in [1.29, 1.82) is 0 Å². The van der Waals surface area contributed by atoms with Crippen molar-refractivity contribution in [2.24, 2.45) is 0 Å². The Labute approximate surface area is 138 Å². The Morgan fingerprint density at radius 3 is 2.43 bits per heavy atom. The summed E-state index contributed by atoms with van der Waals surface area (Å²) in [7, 11) is 1.73. The molecule has 23 heavy (non-hydrogen) atoms. The molecule has 1 saturated heterocycles. The summed E-state index contributed by atoms with van der Waals surface area (Å²) < 4.78 is 5.34. The minimum absolute atomic E-state index is 0.750. The van der Waals surface area contributed by atoms with E-state index in [0.717, 1.165) is 43.9 Å². The summed E-state index contributed by atoms with van der Waals surface area (Å²) in [4.78, 5) is 5.15. The fourth-order valence-corrected chi connectivity index (χ4v) is 3.76. The first-order chi connectivity index (χ1) is 11.3. The van der Waals surface area contributed by atoms with Gasteiger partial charge >= 0.3 is 0 Å². The van der Waals surface area contributed by atoms with Crippen molar-refractivity contribution < 1.29 is 4.74 Å². The standard InChI is InChI=1S/C20H24N2O/c1-23-18-9-5-8-17(14-18)21-10-12-22(13-11-21)20-15-19(20)16-6-3-2-4-7-16/h2-9,14,19-20H,10-13,15H2,1H3/t19-,20+/m1/s1. The zero-order chi connectivity index (χ0) is 15.6. The molecule has 0 spiro atoms. The summed E-state index contributed by atoms with van der Waals surface area (Å²) in [6, 6.07) is 20.1. The molecule has 0 N–H and O–H groups in total. The maximum absolute atomic E-state index is 5.34. The van der Waals surface area contributed by atoms with Gasteiger partial charge in [-0.05, 0) is 24.1 Å². The van der Waals surface area contributed by atoms with Gasteiger partial charge in [0.2, 0.25) is 0 Å². The summed E-state index contributed by atoms with van der Waals surface area (Å²) in [6.45, 7) is 4.52. The predicted molar refractivity (Wildman–Crippen MR) is 94.4 cm³/mol. The van der Waals surface area contributed by atoms with Gasteiger partial charge in [0, 0.05) is 49.9 Å². The zero-order valence-electron chi connectivity index (χ0n) is 13.7. The lowest BCUT2D eigenvalue weighted by Gasteiger charge is -2.36. The second-order valence-electron chi connectivity index (χ2n) is 6.54. The van der Waals surface area contributed by atoms with Crippen LogP contribution in [0.15, 0.2) is 54.6 Å². The van der Waals surface area contributed by atoms with Crippen LogP contribution in [0.4, 0.5) is 5.69 Å². The summed E-state index contributed by atoms with van der Waals surface area (Å²) in [5.41, 5.74) is 2.78. The third-order valence-corrected chi connectivity index (χ3v) is 5.19. The molecule has 120 valence electrons. The molecule has 1 aliphatic heterocycles. The number of ether oxygens (including phenoxy) is 1. The number of rotatable bonds is 4. The average molecular weight is 308 g/mol. The molecule has 2 aromatic carbocycles. The smallest absolute Gasteiger partial charge is 0.120 e. The van der Waals surface area contributed by atoms with Crippen molar-refractivity contribution in [3.05, 3.63) is 60.2 Å². The van der Waals surface area contributed by atoms with Crippen LogP contribution in [-0.2, 0) is 0 Å². The molecule has 0 aromatic heterocycles. The third kappa shape index (κ3) is 3.06. The quantitative estimate of drug-likeness (QED) is 0.861. The number of piperazine rings is 1. The Kier molecular flexibility index (Phi) is 3.96. The molecule has 2 aromatic rings. The summed E-state index contributed by atoms with van der Waals surface area (Å²) in [5, 5.41) is 0. The van der Waals surface area contributed by atoms with Gasteiger partial charge in [0.15, 0.2) is 0 Å². The number of benzene rings is 2. The van der Waals surface area contributed by atoms with Gasteiger partial charge in [-0.25, -0.2) is 0 Å². The van der Waals surface area contributed by atoms with E-state index in [1.54, 1.807) is 7.11 Å². The number of hydrogen-bond donors (Lipinski definition) is 0. The molecule has 1 saturated carbocycles. The lowest BCUT2D eigenvalue weighted by Crippen LogP contribution is -2.47. The third-order valence-electron chi connectivity index (χ3n) is 5.19. The molecule has 2 fully saturated rings. The van der Waals surface area contributed by atoms with Crippen molar-refractivity contribution in [2.45, 2.75) is 18.4 Å². The van der Waals surface area contributed by atoms with Crippen molar-refractivity contribution in [3.63, 3.8) is 0 Å². The van der Waals surface area contributed by atoms with Crippen LogP contribution < -0.4 is 9.64 Å². The zero-order valence-corrected chi connectivity index (χ0v) is 13.7. The minimum atomic E-state index is 0.750. The largest absolute Gasteiger partial charge is 0.497 e. The van der Waals surface area contributed by atoms with Gasteiger partial charge < -0.3 is 9.64 Å². The molecule has 3 heteroatoms. The number of nitrogens with zero attached hydrogens (tertiary/aromatic N) is 2. The van der Waals surface area contributed by atoms with Gasteiger partial charge in [0.05, 0.1) is 7.11 Å². The Morgan fingerprint density at radius 2 is 1.70 bits per heavy atom. The Morgan fingerprint density at radius 1 is 0.913 bits per heavy atom. The lowest BCUT2D eigenvalue weighted by molar-refractivity contribution is 0.244. The molecule has 3 nitrogen and oxygen atoms in total. The predicted octanol–water partition coefficient (Wildman–Crippen LogP) is 3.37. The maximum atomic E-state index is 5.34. The molecular formula is C20H24N2O. The first kappa shape index (κ1) is 14.6. The van der Waals surface area contributed by atoms with Gasteiger partial charge in [-0.15, -0.1) is 0 Å².